The van der Waals surface area contributed by atoms with Crippen molar-refractivity contribution >= 4 is 11.3 Å². The second kappa shape index (κ2) is 5.25. The summed E-state index contributed by atoms with van der Waals surface area (Å²) >= 11 is 1.74. The summed E-state index contributed by atoms with van der Waals surface area (Å²) in [5.74, 6) is 2.18. The zero-order chi connectivity index (χ0) is 15.2. The van der Waals surface area contributed by atoms with Gasteiger partial charge in [0.25, 0.3) is 0 Å². The highest BCUT2D eigenvalue weighted by atomic mass is 32.1. The first-order chi connectivity index (χ1) is 9.85. The topological polar surface area (TPSA) is 38.1 Å². The van der Waals surface area contributed by atoms with Gasteiger partial charge >= 0.3 is 0 Å². The molecule has 0 fully saturated rings. The van der Waals surface area contributed by atoms with Crippen molar-refractivity contribution in [2.75, 3.05) is 0 Å². The van der Waals surface area contributed by atoms with Crippen molar-refractivity contribution in [2.45, 2.75) is 59.5 Å². The molecule has 2 aromatic rings. The van der Waals surface area contributed by atoms with E-state index in [4.69, 9.17) is 4.42 Å². The van der Waals surface area contributed by atoms with Crippen molar-refractivity contribution in [2.24, 2.45) is 5.41 Å². The van der Waals surface area contributed by atoms with Crippen LogP contribution in [0.2, 0.25) is 0 Å². The van der Waals surface area contributed by atoms with Gasteiger partial charge in [-0.3, -0.25) is 0 Å². The summed E-state index contributed by atoms with van der Waals surface area (Å²) in [6.07, 6.45) is 2.17. The van der Waals surface area contributed by atoms with Crippen LogP contribution in [0.25, 0.3) is 0 Å². The van der Waals surface area contributed by atoms with Crippen LogP contribution in [0.5, 0.6) is 0 Å². The fraction of sp³-hybridized carbons (Fsp3) is 0.588. The minimum Gasteiger partial charge on any atom is -0.466 e. The molecule has 114 valence electrons. The van der Waals surface area contributed by atoms with Gasteiger partial charge in [-0.2, -0.15) is 0 Å². The molecule has 0 radical (unpaired) electrons. The van der Waals surface area contributed by atoms with Crippen LogP contribution in [0.3, 0.4) is 0 Å². The third-order valence-corrected chi connectivity index (χ3v) is 5.48. The lowest BCUT2D eigenvalue weighted by atomic mass is 9.74. The van der Waals surface area contributed by atoms with Gasteiger partial charge < -0.3 is 9.73 Å². The van der Waals surface area contributed by atoms with Crippen LogP contribution in [-0.2, 0) is 6.42 Å². The summed E-state index contributed by atoms with van der Waals surface area (Å²) < 4.78 is 5.92. The molecule has 21 heavy (non-hydrogen) atoms. The predicted molar refractivity (Wildman–Crippen MR) is 86.7 cm³/mol. The number of rotatable bonds is 3. The van der Waals surface area contributed by atoms with E-state index in [2.05, 4.69) is 44.1 Å². The van der Waals surface area contributed by atoms with E-state index in [0.29, 0.717) is 12.1 Å². The monoisotopic (exact) mass is 304 g/mol. The third kappa shape index (κ3) is 2.92. The lowest BCUT2D eigenvalue weighted by molar-refractivity contribution is 0.227. The minimum atomic E-state index is 0.275. The summed E-state index contributed by atoms with van der Waals surface area (Å²) in [5.41, 5.74) is 4.69. The van der Waals surface area contributed by atoms with Crippen LogP contribution in [0.1, 0.15) is 66.9 Å². The van der Waals surface area contributed by atoms with E-state index in [1.807, 2.05) is 12.4 Å². The van der Waals surface area contributed by atoms with Crippen molar-refractivity contribution < 1.29 is 4.42 Å². The van der Waals surface area contributed by atoms with Gasteiger partial charge in [-0.1, -0.05) is 13.8 Å². The van der Waals surface area contributed by atoms with Gasteiger partial charge in [-0.25, -0.2) is 4.98 Å². The third-order valence-electron chi connectivity index (χ3n) is 4.36. The second-order valence-corrected chi connectivity index (χ2v) is 7.91. The molecular formula is C17H24N2OS. The molecule has 0 saturated heterocycles. The van der Waals surface area contributed by atoms with E-state index in [1.54, 1.807) is 11.3 Å². The number of hydrogen-bond acceptors (Lipinski definition) is 4. The van der Waals surface area contributed by atoms with Crippen LogP contribution in [-0.4, -0.2) is 4.98 Å². The molecule has 2 heterocycles. The van der Waals surface area contributed by atoms with Gasteiger partial charge in [0.15, 0.2) is 0 Å². The van der Waals surface area contributed by atoms with Crippen molar-refractivity contribution in [3.63, 3.8) is 0 Å². The van der Waals surface area contributed by atoms with Crippen LogP contribution >= 0.6 is 11.3 Å². The van der Waals surface area contributed by atoms with E-state index in [1.165, 1.54) is 10.4 Å². The molecule has 2 aromatic heterocycles. The molecule has 2 atom stereocenters. The smallest absolute Gasteiger partial charge is 0.109 e. The first-order valence-electron chi connectivity index (χ1n) is 7.61. The Hall–Kier alpha value is -1.13. The number of furan rings is 1. The minimum absolute atomic E-state index is 0.275. The van der Waals surface area contributed by atoms with E-state index in [-0.39, 0.29) is 5.41 Å². The van der Waals surface area contributed by atoms with Crippen molar-refractivity contribution in [1.29, 1.82) is 0 Å². The number of nitrogens with zero attached hydrogens (tertiary/aromatic N) is 1. The maximum atomic E-state index is 5.92. The molecule has 1 N–H and O–H groups in total. The maximum Gasteiger partial charge on any atom is 0.109 e. The number of hydrogen-bond donors (Lipinski definition) is 1. The van der Waals surface area contributed by atoms with E-state index in [0.717, 1.165) is 30.1 Å². The van der Waals surface area contributed by atoms with Crippen LogP contribution in [0.4, 0.5) is 0 Å². The quantitative estimate of drug-likeness (QED) is 0.892. The summed E-state index contributed by atoms with van der Waals surface area (Å²) in [6.45, 7) is 11.0. The van der Waals surface area contributed by atoms with Crippen molar-refractivity contribution in [3.8, 4) is 0 Å². The Labute approximate surface area is 130 Å². The Bertz CT molecular complexity index is 641. The van der Waals surface area contributed by atoms with Gasteiger partial charge in [0.1, 0.15) is 11.5 Å². The molecule has 0 spiro atoms. The molecule has 0 saturated carbocycles. The van der Waals surface area contributed by atoms with Gasteiger partial charge in [0.05, 0.1) is 11.2 Å². The first kappa shape index (κ1) is 14.8. The normalized spacial score (nSPS) is 22.0. The highest BCUT2D eigenvalue weighted by molar-refractivity contribution is 7.09. The number of fused-ring (bicyclic) bond motifs is 1. The molecule has 4 heteroatoms. The molecule has 0 aromatic carbocycles. The summed E-state index contributed by atoms with van der Waals surface area (Å²) in [7, 11) is 0. The highest BCUT2D eigenvalue weighted by Crippen LogP contribution is 2.43. The zero-order valence-electron chi connectivity index (χ0n) is 13.5. The molecule has 0 aliphatic heterocycles. The molecule has 1 aliphatic carbocycles. The van der Waals surface area contributed by atoms with E-state index >= 15 is 0 Å². The number of aryl methyl sites for hydroxylation is 2. The molecule has 2 unspecified atom stereocenters. The lowest BCUT2D eigenvalue weighted by Crippen LogP contribution is -2.34. The maximum absolute atomic E-state index is 5.92. The summed E-state index contributed by atoms with van der Waals surface area (Å²) in [4.78, 5) is 5.70. The molecule has 3 nitrogen and oxygen atoms in total. The van der Waals surface area contributed by atoms with Gasteiger partial charge in [0, 0.05) is 28.9 Å². The average molecular weight is 304 g/mol. The molecule has 3 rings (SSSR count). The Morgan fingerprint density at radius 3 is 2.86 bits per heavy atom. The van der Waals surface area contributed by atoms with Crippen LogP contribution in [0.15, 0.2) is 16.0 Å². The Morgan fingerprint density at radius 2 is 2.19 bits per heavy atom. The fourth-order valence-electron chi connectivity index (χ4n) is 3.44. The number of aromatic nitrogens is 1. The Balaban J connectivity index is 1.86. The number of nitrogens with one attached hydrogen (secondary N) is 1. The zero-order valence-corrected chi connectivity index (χ0v) is 14.3. The average Bonchev–Trinajstić information content (AvgIpc) is 2.93. The van der Waals surface area contributed by atoms with Gasteiger partial charge in [-0.15, -0.1) is 11.3 Å². The largest absolute Gasteiger partial charge is 0.466 e. The van der Waals surface area contributed by atoms with Crippen molar-refractivity contribution in [3.05, 3.63) is 39.2 Å². The van der Waals surface area contributed by atoms with Gasteiger partial charge in [-0.05, 0) is 38.7 Å². The van der Waals surface area contributed by atoms with E-state index < -0.39 is 0 Å². The van der Waals surface area contributed by atoms with Crippen LogP contribution in [0, 0.1) is 19.3 Å². The SMILES string of the molecule is Cc1cc2c(o1)CC(C)(C)CC2NC(C)c1scnc1C. The fourth-order valence-corrected chi connectivity index (χ4v) is 4.26. The highest BCUT2D eigenvalue weighted by Gasteiger charge is 2.35. The molecule has 0 amide bonds. The lowest BCUT2D eigenvalue weighted by Gasteiger charge is -2.36. The summed E-state index contributed by atoms with van der Waals surface area (Å²) in [5, 5.41) is 3.80. The van der Waals surface area contributed by atoms with Gasteiger partial charge in [0.2, 0.25) is 0 Å². The second-order valence-electron chi connectivity index (χ2n) is 7.02. The first-order valence-corrected chi connectivity index (χ1v) is 8.49. The van der Waals surface area contributed by atoms with Crippen molar-refractivity contribution in [1.82, 2.24) is 10.3 Å². The molecular weight excluding hydrogens is 280 g/mol. The number of thiazole rings is 1. The Morgan fingerprint density at radius 1 is 1.43 bits per heavy atom. The Kier molecular flexibility index (Phi) is 3.70. The standard InChI is InChI=1S/C17H24N2OS/c1-10-6-13-14(7-17(4,5)8-15(13)20-10)19-12(3)16-11(2)18-9-21-16/h6,9,12,14,19H,7-8H2,1-5H3. The molecule has 1 aliphatic rings. The summed E-state index contributed by atoms with van der Waals surface area (Å²) in [6, 6.07) is 2.88. The predicted octanol–water partition coefficient (Wildman–Crippen LogP) is 4.72. The van der Waals surface area contributed by atoms with E-state index in [9.17, 15) is 0 Å². The van der Waals surface area contributed by atoms with Crippen LogP contribution < -0.4 is 5.32 Å². The molecule has 0 bridgehead atoms.